The van der Waals surface area contributed by atoms with E-state index in [2.05, 4.69) is 37.1 Å². The van der Waals surface area contributed by atoms with Crippen LogP contribution >= 0.6 is 0 Å². The summed E-state index contributed by atoms with van der Waals surface area (Å²) in [7, 11) is 1.66. The van der Waals surface area contributed by atoms with Crippen LogP contribution in [0.5, 0.6) is 11.5 Å². The minimum absolute atomic E-state index is 0.147. The highest BCUT2D eigenvalue weighted by atomic mass is 16.5. The van der Waals surface area contributed by atoms with Gasteiger partial charge in [0, 0.05) is 45.6 Å². The quantitative estimate of drug-likeness (QED) is 0.547. The van der Waals surface area contributed by atoms with Gasteiger partial charge in [0.05, 0.1) is 25.5 Å². The number of rotatable bonds is 9. The fraction of sp³-hybridized carbons (Fsp3) is 0.435. The summed E-state index contributed by atoms with van der Waals surface area (Å²) in [5.41, 5.74) is 1.71. The molecule has 0 unspecified atom stereocenters. The van der Waals surface area contributed by atoms with Crippen molar-refractivity contribution < 1.29 is 18.7 Å². The van der Waals surface area contributed by atoms with Gasteiger partial charge in [-0.1, -0.05) is 6.07 Å². The summed E-state index contributed by atoms with van der Waals surface area (Å²) in [6.07, 6.45) is 4.39. The molecule has 2 aromatic heterocycles. The van der Waals surface area contributed by atoms with Crippen molar-refractivity contribution in [3.8, 4) is 11.5 Å². The number of ether oxygens (including phenoxy) is 2. The number of hydrogen-bond acceptors (Lipinski definition) is 7. The lowest BCUT2D eigenvalue weighted by Gasteiger charge is -2.20. The minimum atomic E-state index is -0.147. The first-order valence-electron chi connectivity index (χ1n) is 10.9. The van der Waals surface area contributed by atoms with E-state index in [9.17, 15) is 4.79 Å². The summed E-state index contributed by atoms with van der Waals surface area (Å²) >= 11 is 0. The SMILES string of the molecule is CCOc1cc(CN2CCc3nnc(CCNC(=O)c4ccoc4)n3CC2)ccc1OC. The molecule has 170 valence electrons. The highest BCUT2D eigenvalue weighted by Crippen LogP contribution is 2.28. The number of amides is 1. The van der Waals surface area contributed by atoms with Gasteiger partial charge in [-0.05, 0) is 30.7 Å². The van der Waals surface area contributed by atoms with Crippen molar-refractivity contribution in [2.75, 3.05) is 33.4 Å². The van der Waals surface area contributed by atoms with E-state index in [0.717, 1.165) is 55.7 Å². The number of carbonyl (C=O) groups excluding carboxylic acids is 1. The van der Waals surface area contributed by atoms with Gasteiger partial charge >= 0.3 is 0 Å². The first-order chi connectivity index (χ1) is 15.7. The Morgan fingerprint density at radius 1 is 1.19 bits per heavy atom. The smallest absolute Gasteiger partial charge is 0.254 e. The number of benzene rings is 1. The predicted molar refractivity (Wildman–Crippen MR) is 118 cm³/mol. The van der Waals surface area contributed by atoms with Crippen LogP contribution in [0.25, 0.3) is 0 Å². The van der Waals surface area contributed by atoms with Gasteiger partial charge in [0.2, 0.25) is 0 Å². The zero-order valence-electron chi connectivity index (χ0n) is 18.5. The average Bonchev–Trinajstić information content (AvgIpc) is 3.42. The van der Waals surface area contributed by atoms with Crippen molar-refractivity contribution in [2.45, 2.75) is 32.9 Å². The van der Waals surface area contributed by atoms with Crippen molar-refractivity contribution in [1.82, 2.24) is 25.0 Å². The number of furan rings is 1. The monoisotopic (exact) mass is 439 g/mol. The van der Waals surface area contributed by atoms with Crippen LogP contribution in [0, 0.1) is 0 Å². The Morgan fingerprint density at radius 3 is 2.88 bits per heavy atom. The number of fused-ring (bicyclic) bond motifs is 1. The van der Waals surface area contributed by atoms with Gasteiger partial charge in [0.1, 0.15) is 17.9 Å². The van der Waals surface area contributed by atoms with E-state index < -0.39 is 0 Å². The maximum Gasteiger partial charge on any atom is 0.254 e. The molecular formula is C23H29N5O4. The molecule has 0 aliphatic carbocycles. The number of nitrogens with one attached hydrogen (secondary N) is 1. The van der Waals surface area contributed by atoms with Crippen LogP contribution in [0.4, 0.5) is 0 Å². The van der Waals surface area contributed by atoms with Gasteiger partial charge in [0.25, 0.3) is 5.91 Å². The molecule has 9 heteroatoms. The molecule has 32 heavy (non-hydrogen) atoms. The largest absolute Gasteiger partial charge is 0.493 e. The summed E-state index contributed by atoms with van der Waals surface area (Å²) in [4.78, 5) is 14.5. The van der Waals surface area contributed by atoms with E-state index in [0.29, 0.717) is 25.1 Å². The summed E-state index contributed by atoms with van der Waals surface area (Å²) in [5.74, 6) is 3.28. The summed E-state index contributed by atoms with van der Waals surface area (Å²) in [6, 6.07) is 7.75. The van der Waals surface area contributed by atoms with Crippen molar-refractivity contribution >= 4 is 5.91 Å². The predicted octanol–water partition coefficient (Wildman–Crippen LogP) is 2.31. The molecule has 1 amide bonds. The minimum Gasteiger partial charge on any atom is -0.493 e. The number of carbonyl (C=O) groups is 1. The highest BCUT2D eigenvalue weighted by molar-refractivity contribution is 5.93. The lowest BCUT2D eigenvalue weighted by molar-refractivity contribution is 0.0953. The lowest BCUT2D eigenvalue weighted by Crippen LogP contribution is -2.28. The third-order valence-corrected chi connectivity index (χ3v) is 5.55. The Labute approximate surface area is 187 Å². The average molecular weight is 440 g/mol. The Kier molecular flexibility index (Phi) is 7.06. The van der Waals surface area contributed by atoms with E-state index in [1.165, 1.54) is 18.1 Å². The summed E-state index contributed by atoms with van der Waals surface area (Å²) in [5, 5.41) is 11.6. The Hall–Kier alpha value is -3.33. The van der Waals surface area contributed by atoms with Crippen LogP contribution in [0.15, 0.2) is 41.2 Å². The zero-order chi connectivity index (χ0) is 22.3. The van der Waals surface area contributed by atoms with Crippen LogP contribution in [0.1, 0.15) is 34.5 Å². The summed E-state index contributed by atoms with van der Waals surface area (Å²) in [6.45, 7) is 6.53. The maximum absolute atomic E-state index is 12.1. The molecule has 3 aromatic rings. The molecule has 0 saturated carbocycles. The van der Waals surface area contributed by atoms with Crippen molar-refractivity contribution in [3.63, 3.8) is 0 Å². The molecule has 0 radical (unpaired) electrons. The zero-order valence-corrected chi connectivity index (χ0v) is 18.5. The van der Waals surface area contributed by atoms with E-state index in [4.69, 9.17) is 13.9 Å². The normalized spacial score (nSPS) is 13.9. The fourth-order valence-electron chi connectivity index (χ4n) is 3.90. The molecule has 3 heterocycles. The maximum atomic E-state index is 12.1. The molecule has 0 saturated heterocycles. The van der Waals surface area contributed by atoms with Crippen molar-refractivity contribution in [1.29, 1.82) is 0 Å². The van der Waals surface area contributed by atoms with Crippen molar-refractivity contribution in [2.24, 2.45) is 0 Å². The first kappa shape index (κ1) is 21.9. The molecule has 0 atom stereocenters. The highest BCUT2D eigenvalue weighted by Gasteiger charge is 2.19. The van der Waals surface area contributed by atoms with Crippen LogP contribution < -0.4 is 14.8 Å². The Balaban J connectivity index is 1.33. The number of aromatic nitrogens is 3. The topological polar surface area (TPSA) is 94.6 Å². The molecule has 1 aliphatic heterocycles. The van der Waals surface area contributed by atoms with Gasteiger partial charge in [-0.3, -0.25) is 9.69 Å². The molecule has 4 rings (SSSR count). The molecule has 9 nitrogen and oxygen atoms in total. The summed E-state index contributed by atoms with van der Waals surface area (Å²) < 4.78 is 18.2. The molecular weight excluding hydrogens is 410 g/mol. The number of hydrogen-bond donors (Lipinski definition) is 1. The second-order valence-corrected chi connectivity index (χ2v) is 7.65. The fourth-order valence-corrected chi connectivity index (χ4v) is 3.90. The van der Waals surface area contributed by atoms with Crippen LogP contribution in [-0.4, -0.2) is 58.9 Å². The third kappa shape index (κ3) is 5.11. The molecule has 1 aromatic carbocycles. The standard InChI is InChI=1S/C23H29N5O4/c1-3-32-20-14-17(4-5-19(20)30-2)15-27-10-7-22-26-25-21(28(22)12-11-27)6-9-24-23(29)18-8-13-31-16-18/h4-5,8,13-14,16H,3,6-7,9-12,15H2,1-2H3,(H,24,29). The van der Waals surface area contributed by atoms with Gasteiger partial charge < -0.3 is 23.8 Å². The van der Waals surface area contributed by atoms with E-state index in [1.54, 1.807) is 13.2 Å². The van der Waals surface area contributed by atoms with E-state index in [-0.39, 0.29) is 5.91 Å². The second-order valence-electron chi connectivity index (χ2n) is 7.65. The van der Waals surface area contributed by atoms with Gasteiger partial charge in [0.15, 0.2) is 11.5 Å². The molecule has 0 bridgehead atoms. The van der Waals surface area contributed by atoms with Gasteiger partial charge in [-0.25, -0.2) is 0 Å². The van der Waals surface area contributed by atoms with Crippen molar-refractivity contribution in [3.05, 3.63) is 59.6 Å². The van der Waals surface area contributed by atoms with Crippen LogP contribution in [0.2, 0.25) is 0 Å². The number of nitrogens with zero attached hydrogens (tertiary/aromatic N) is 4. The van der Waals surface area contributed by atoms with E-state index in [1.807, 2.05) is 13.0 Å². The van der Waals surface area contributed by atoms with Gasteiger partial charge in [-0.2, -0.15) is 0 Å². The molecule has 1 aliphatic rings. The first-order valence-corrected chi connectivity index (χ1v) is 10.9. The van der Waals surface area contributed by atoms with Gasteiger partial charge in [-0.15, -0.1) is 10.2 Å². The lowest BCUT2D eigenvalue weighted by atomic mass is 10.2. The number of methoxy groups -OCH3 is 1. The second kappa shape index (κ2) is 10.3. The third-order valence-electron chi connectivity index (χ3n) is 5.55. The molecule has 1 N–H and O–H groups in total. The molecule has 0 spiro atoms. The molecule has 0 fully saturated rings. The Morgan fingerprint density at radius 2 is 2.09 bits per heavy atom. The Bertz CT molecular complexity index is 1030. The van der Waals surface area contributed by atoms with Crippen LogP contribution in [-0.2, 0) is 25.9 Å². The van der Waals surface area contributed by atoms with E-state index >= 15 is 0 Å². The van der Waals surface area contributed by atoms with Crippen LogP contribution in [0.3, 0.4) is 0 Å².